The molecule has 9 heteroatoms. The summed E-state index contributed by atoms with van der Waals surface area (Å²) in [6.45, 7) is 1.20. The van der Waals surface area contributed by atoms with E-state index >= 15 is 0 Å². The molecule has 1 saturated carbocycles. The van der Waals surface area contributed by atoms with Gasteiger partial charge in [0.15, 0.2) is 5.65 Å². The number of pyridine rings is 1. The number of nitrogens with one attached hydrogen (secondary N) is 1. The summed E-state index contributed by atoms with van der Waals surface area (Å²) < 4.78 is 2.41. The lowest BCUT2D eigenvalue weighted by Crippen LogP contribution is -2.46. The fourth-order valence-corrected chi connectivity index (χ4v) is 5.68. The van der Waals surface area contributed by atoms with Crippen molar-refractivity contribution in [2.24, 2.45) is 12.8 Å². The molecule has 0 radical (unpaired) electrons. The van der Waals surface area contributed by atoms with Crippen LogP contribution < -0.4 is 27.2 Å². The fourth-order valence-electron chi connectivity index (χ4n) is 5.68. The number of piperidine rings is 1. The summed E-state index contributed by atoms with van der Waals surface area (Å²) in [7, 11) is 1.61. The Morgan fingerprint density at radius 1 is 1.08 bits per heavy atom. The van der Waals surface area contributed by atoms with Gasteiger partial charge >= 0.3 is 5.69 Å². The van der Waals surface area contributed by atoms with Gasteiger partial charge in [0.2, 0.25) is 5.91 Å². The highest BCUT2D eigenvalue weighted by atomic mass is 16.2. The molecule has 1 aliphatic heterocycles. The third kappa shape index (κ3) is 5.46. The van der Waals surface area contributed by atoms with Crippen LogP contribution in [0.25, 0.3) is 11.0 Å². The maximum Gasteiger partial charge on any atom is 0.332 e. The lowest BCUT2D eigenvalue weighted by atomic mass is 9.95. The summed E-state index contributed by atoms with van der Waals surface area (Å²) in [6, 6.07) is 12.1. The van der Waals surface area contributed by atoms with Crippen LogP contribution in [0, 0.1) is 0 Å². The van der Waals surface area contributed by atoms with Crippen molar-refractivity contribution in [2.45, 2.75) is 70.0 Å². The highest BCUT2D eigenvalue weighted by molar-refractivity contribution is 5.80. The molecule has 1 aliphatic carbocycles. The third-order valence-electron chi connectivity index (χ3n) is 7.64. The van der Waals surface area contributed by atoms with Crippen molar-refractivity contribution < 1.29 is 4.79 Å². The Balaban J connectivity index is 1.56. The zero-order chi connectivity index (χ0) is 25.9. The van der Waals surface area contributed by atoms with Gasteiger partial charge in [-0.25, -0.2) is 9.78 Å². The second kappa shape index (κ2) is 10.9. The highest BCUT2D eigenvalue weighted by Crippen LogP contribution is 2.27. The standard InChI is InChI=1S/C28H36N6O3/c1-32-26-23(27(36)34(28(32)37)18-24(35)30-22-12-6-3-7-13-22)16-20(15-19-9-4-2-5-10-19)25(31-26)33-14-8-11-21(29)17-33/h2,4-5,9-10,16,21-22H,3,6-8,11-15,17-18,29H2,1H3,(H,30,35)/t21-/m1/s1. The van der Waals surface area contributed by atoms with E-state index in [-0.39, 0.29) is 24.5 Å². The number of anilines is 1. The molecule has 37 heavy (non-hydrogen) atoms. The molecule has 1 amide bonds. The third-order valence-corrected chi connectivity index (χ3v) is 7.64. The predicted octanol–water partition coefficient (Wildman–Crippen LogP) is 2.06. The molecule has 0 unspecified atom stereocenters. The predicted molar refractivity (Wildman–Crippen MR) is 145 cm³/mol. The van der Waals surface area contributed by atoms with Gasteiger partial charge in [-0.1, -0.05) is 49.6 Å². The summed E-state index contributed by atoms with van der Waals surface area (Å²) in [6.07, 6.45) is 7.74. The number of hydrogen-bond acceptors (Lipinski definition) is 6. The van der Waals surface area contributed by atoms with Crippen LogP contribution in [0.15, 0.2) is 46.0 Å². The van der Waals surface area contributed by atoms with Crippen LogP contribution in [-0.4, -0.2) is 45.2 Å². The number of amides is 1. The number of hydrogen-bond donors (Lipinski definition) is 2. The Morgan fingerprint density at radius 2 is 1.84 bits per heavy atom. The first-order chi connectivity index (χ1) is 17.9. The molecular weight excluding hydrogens is 468 g/mol. The second-order valence-electron chi connectivity index (χ2n) is 10.5. The Bertz CT molecular complexity index is 1390. The zero-order valence-electron chi connectivity index (χ0n) is 21.5. The van der Waals surface area contributed by atoms with E-state index in [2.05, 4.69) is 10.2 Å². The SMILES string of the molecule is Cn1c(=O)n(CC(=O)NC2CCCCC2)c(=O)c2cc(Cc3ccccc3)c(N3CCC[C@@H](N)C3)nc21. The van der Waals surface area contributed by atoms with Crippen molar-refractivity contribution in [3.05, 3.63) is 68.4 Å². The number of rotatable bonds is 6. The zero-order valence-corrected chi connectivity index (χ0v) is 21.5. The van der Waals surface area contributed by atoms with E-state index in [1.165, 1.54) is 11.0 Å². The van der Waals surface area contributed by atoms with Crippen LogP contribution in [0.2, 0.25) is 0 Å². The van der Waals surface area contributed by atoms with E-state index in [9.17, 15) is 14.4 Å². The van der Waals surface area contributed by atoms with Gasteiger partial charge in [-0.3, -0.25) is 18.7 Å². The van der Waals surface area contributed by atoms with Crippen LogP contribution in [0.1, 0.15) is 56.1 Å². The average Bonchev–Trinajstić information content (AvgIpc) is 2.91. The Labute approximate surface area is 216 Å². The molecule has 2 fully saturated rings. The Morgan fingerprint density at radius 3 is 2.57 bits per heavy atom. The molecule has 9 nitrogen and oxygen atoms in total. The number of aryl methyl sites for hydroxylation is 1. The molecule has 1 saturated heterocycles. The maximum absolute atomic E-state index is 13.6. The molecule has 5 rings (SSSR count). The molecular formula is C28H36N6O3. The summed E-state index contributed by atoms with van der Waals surface area (Å²) in [5, 5.41) is 3.35. The molecule has 2 aromatic heterocycles. The van der Waals surface area contributed by atoms with Gasteiger partial charge in [0.1, 0.15) is 12.4 Å². The van der Waals surface area contributed by atoms with E-state index in [1.807, 2.05) is 36.4 Å². The first-order valence-electron chi connectivity index (χ1n) is 13.4. The molecule has 0 bridgehead atoms. The number of benzene rings is 1. The number of carbonyl (C=O) groups excluding carboxylic acids is 1. The monoisotopic (exact) mass is 504 g/mol. The summed E-state index contributed by atoms with van der Waals surface area (Å²) in [4.78, 5) is 46.6. The van der Waals surface area contributed by atoms with Gasteiger partial charge in [0, 0.05) is 44.2 Å². The summed E-state index contributed by atoms with van der Waals surface area (Å²) >= 11 is 0. The highest BCUT2D eigenvalue weighted by Gasteiger charge is 2.24. The molecule has 0 spiro atoms. The van der Waals surface area contributed by atoms with Gasteiger partial charge in [-0.2, -0.15) is 0 Å². The van der Waals surface area contributed by atoms with Crippen molar-refractivity contribution in [3.63, 3.8) is 0 Å². The molecule has 196 valence electrons. The van der Waals surface area contributed by atoms with Crippen LogP contribution in [0.4, 0.5) is 5.82 Å². The first kappa shape index (κ1) is 25.2. The molecule has 3 heterocycles. The topological polar surface area (TPSA) is 115 Å². The smallest absolute Gasteiger partial charge is 0.332 e. The van der Waals surface area contributed by atoms with Crippen LogP contribution >= 0.6 is 0 Å². The Kier molecular flexibility index (Phi) is 7.41. The lowest BCUT2D eigenvalue weighted by molar-refractivity contribution is -0.122. The number of nitrogens with two attached hydrogens (primary N) is 1. The number of fused-ring (bicyclic) bond motifs is 1. The summed E-state index contributed by atoms with van der Waals surface area (Å²) in [5.74, 6) is 0.454. The molecule has 1 atom stereocenters. The molecule has 3 N–H and O–H groups in total. The van der Waals surface area contributed by atoms with Gasteiger partial charge < -0.3 is 16.0 Å². The van der Waals surface area contributed by atoms with Crippen molar-refractivity contribution in [2.75, 3.05) is 18.0 Å². The second-order valence-corrected chi connectivity index (χ2v) is 10.5. The number of nitrogens with zero attached hydrogens (tertiary/aromatic N) is 4. The van der Waals surface area contributed by atoms with Crippen molar-refractivity contribution >= 4 is 22.8 Å². The molecule has 2 aliphatic rings. The van der Waals surface area contributed by atoms with Gasteiger partial charge in [-0.15, -0.1) is 0 Å². The molecule has 1 aromatic carbocycles. The van der Waals surface area contributed by atoms with E-state index in [0.29, 0.717) is 24.0 Å². The molecule has 3 aromatic rings. The minimum atomic E-state index is -0.541. The van der Waals surface area contributed by atoms with E-state index in [4.69, 9.17) is 10.7 Å². The van der Waals surface area contributed by atoms with Gasteiger partial charge in [0.05, 0.1) is 5.39 Å². The van der Waals surface area contributed by atoms with Gasteiger partial charge in [-0.05, 0) is 37.3 Å². The van der Waals surface area contributed by atoms with E-state index < -0.39 is 11.2 Å². The van der Waals surface area contributed by atoms with E-state index in [0.717, 1.165) is 66.6 Å². The number of carbonyl (C=O) groups is 1. The van der Waals surface area contributed by atoms with Crippen molar-refractivity contribution in [3.8, 4) is 0 Å². The minimum Gasteiger partial charge on any atom is -0.355 e. The first-order valence-corrected chi connectivity index (χ1v) is 13.4. The maximum atomic E-state index is 13.6. The largest absolute Gasteiger partial charge is 0.355 e. The summed E-state index contributed by atoms with van der Waals surface area (Å²) in [5.41, 5.74) is 7.58. The van der Waals surface area contributed by atoms with E-state index in [1.54, 1.807) is 7.05 Å². The average molecular weight is 505 g/mol. The van der Waals surface area contributed by atoms with Crippen LogP contribution in [-0.2, 0) is 24.8 Å². The minimum absolute atomic E-state index is 0.0512. The van der Waals surface area contributed by atoms with Crippen LogP contribution in [0.3, 0.4) is 0 Å². The number of aromatic nitrogens is 3. The quantitative estimate of drug-likeness (QED) is 0.531. The van der Waals surface area contributed by atoms with Gasteiger partial charge in [0.25, 0.3) is 5.56 Å². The fraction of sp³-hybridized carbons (Fsp3) is 0.500. The normalized spacial score (nSPS) is 18.8. The van der Waals surface area contributed by atoms with Crippen molar-refractivity contribution in [1.82, 2.24) is 19.4 Å². The Hall–Kier alpha value is -3.46. The van der Waals surface area contributed by atoms with Crippen molar-refractivity contribution in [1.29, 1.82) is 0 Å². The lowest BCUT2D eigenvalue weighted by Gasteiger charge is -2.33. The van der Waals surface area contributed by atoms with Crippen LogP contribution in [0.5, 0.6) is 0 Å².